The summed E-state index contributed by atoms with van der Waals surface area (Å²) in [6, 6.07) is 17.0. The lowest BCUT2D eigenvalue weighted by Crippen LogP contribution is -2.31. The lowest BCUT2D eigenvalue weighted by molar-refractivity contribution is -0.121. The molecule has 2 heterocycles. The van der Waals surface area contributed by atoms with Crippen molar-refractivity contribution in [3.63, 3.8) is 0 Å². The maximum absolute atomic E-state index is 12.9. The molecule has 1 amide bonds. The number of nitrogens with one attached hydrogen (secondary N) is 1. The van der Waals surface area contributed by atoms with Gasteiger partial charge in [0, 0.05) is 37.5 Å². The van der Waals surface area contributed by atoms with E-state index in [0.717, 1.165) is 22.6 Å². The van der Waals surface area contributed by atoms with Crippen LogP contribution >= 0.6 is 0 Å². The molecule has 0 saturated carbocycles. The Morgan fingerprint density at radius 3 is 2.55 bits per heavy atom. The number of ether oxygens (including phenoxy) is 2. The second kappa shape index (κ2) is 10.0. The maximum atomic E-state index is 12.9. The van der Waals surface area contributed by atoms with Gasteiger partial charge in [-0.1, -0.05) is 24.3 Å². The Bertz CT molecular complexity index is 1330. The highest BCUT2D eigenvalue weighted by Crippen LogP contribution is 2.23. The minimum atomic E-state index is -0.162. The number of fused-ring (bicyclic) bond motifs is 1. The van der Waals surface area contributed by atoms with Crippen molar-refractivity contribution >= 4 is 11.4 Å². The van der Waals surface area contributed by atoms with Gasteiger partial charge in [0.05, 0.1) is 19.9 Å². The number of aromatic nitrogens is 3. The summed E-state index contributed by atoms with van der Waals surface area (Å²) >= 11 is 0. The molecule has 2 aromatic heterocycles. The average Bonchev–Trinajstić information content (AvgIpc) is 3.30. The number of aryl methyl sites for hydroxylation is 1. The third-order valence-corrected chi connectivity index (χ3v) is 5.42. The van der Waals surface area contributed by atoms with Gasteiger partial charge in [0.1, 0.15) is 17.0 Å². The number of hydrogen-bond donors (Lipinski definition) is 1. The number of amides is 1. The number of methoxy groups -OCH3 is 2. The van der Waals surface area contributed by atoms with Crippen LogP contribution in [0.4, 0.5) is 0 Å². The molecule has 0 radical (unpaired) electrons. The molecule has 0 aliphatic carbocycles. The van der Waals surface area contributed by atoms with Crippen molar-refractivity contribution in [3.8, 4) is 22.8 Å². The second-order valence-electron chi connectivity index (χ2n) is 7.59. The topological polar surface area (TPSA) is 86.9 Å². The minimum absolute atomic E-state index is 0.0587. The van der Waals surface area contributed by atoms with Gasteiger partial charge in [0.25, 0.3) is 5.56 Å². The van der Waals surface area contributed by atoms with Crippen LogP contribution < -0.4 is 20.3 Å². The molecule has 4 rings (SSSR count). The first-order valence-corrected chi connectivity index (χ1v) is 10.7. The van der Waals surface area contributed by atoms with Gasteiger partial charge in [-0.05, 0) is 42.3 Å². The van der Waals surface area contributed by atoms with Crippen LogP contribution in [0.2, 0.25) is 0 Å². The van der Waals surface area contributed by atoms with Gasteiger partial charge in [-0.25, -0.2) is 4.52 Å². The van der Waals surface area contributed by atoms with Crippen molar-refractivity contribution in [2.75, 3.05) is 20.8 Å². The van der Waals surface area contributed by atoms with Gasteiger partial charge in [0.15, 0.2) is 0 Å². The molecule has 2 aromatic carbocycles. The largest absolute Gasteiger partial charge is 0.497 e. The van der Waals surface area contributed by atoms with Crippen LogP contribution in [0.3, 0.4) is 0 Å². The van der Waals surface area contributed by atoms with E-state index in [1.54, 1.807) is 41.8 Å². The Hall–Kier alpha value is -4.07. The molecule has 33 heavy (non-hydrogen) atoms. The molecule has 0 aliphatic rings. The quantitative estimate of drug-likeness (QED) is 0.427. The third kappa shape index (κ3) is 5.23. The van der Waals surface area contributed by atoms with Gasteiger partial charge in [-0.15, -0.1) is 0 Å². The summed E-state index contributed by atoms with van der Waals surface area (Å²) < 4.78 is 13.6. The lowest BCUT2D eigenvalue weighted by Gasteiger charge is -2.08. The summed E-state index contributed by atoms with van der Waals surface area (Å²) in [5, 5.41) is 7.39. The second-order valence-corrected chi connectivity index (χ2v) is 7.59. The van der Waals surface area contributed by atoms with E-state index in [-0.39, 0.29) is 11.5 Å². The van der Waals surface area contributed by atoms with Gasteiger partial charge < -0.3 is 19.4 Å². The predicted octanol–water partition coefficient (Wildman–Crippen LogP) is 2.93. The van der Waals surface area contributed by atoms with Crippen molar-refractivity contribution in [3.05, 3.63) is 82.9 Å². The first-order chi connectivity index (χ1) is 16.1. The van der Waals surface area contributed by atoms with Crippen LogP contribution in [-0.4, -0.2) is 40.9 Å². The van der Waals surface area contributed by atoms with Crippen LogP contribution in [0.25, 0.3) is 16.8 Å². The highest BCUT2D eigenvalue weighted by atomic mass is 16.5. The van der Waals surface area contributed by atoms with E-state index in [2.05, 4.69) is 10.4 Å². The molecule has 0 unspecified atom stereocenters. The molecule has 0 saturated heterocycles. The van der Waals surface area contributed by atoms with Crippen LogP contribution in [-0.2, 0) is 17.8 Å². The molecule has 8 nitrogen and oxygen atoms in total. The summed E-state index contributed by atoms with van der Waals surface area (Å²) in [6.45, 7) is 0.740. The SMILES string of the molecule is COc1cccc(CCC(=O)NCCn2ccn3nc(-c4cccc(OC)c4)cc3c2=O)c1. The Morgan fingerprint density at radius 2 is 1.76 bits per heavy atom. The van der Waals surface area contributed by atoms with Crippen molar-refractivity contribution in [2.24, 2.45) is 0 Å². The maximum Gasteiger partial charge on any atom is 0.276 e. The Morgan fingerprint density at radius 1 is 1.00 bits per heavy atom. The van der Waals surface area contributed by atoms with E-state index in [0.29, 0.717) is 37.1 Å². The zero-order chi connectivity index (χ0) is 23.2. The molecule has 0 spiro atoms. The zero-order valence-corrected chi connectivity index (χ0v) is 18.7. The summed E-state index contributed by atoms with van der Waals surface area (Å²) in [5.74, 6) is 1.44. The highest BCUT2D eigenvalue weighted by molar-refractivity contribution is 5.76. The van der Waals surface area contributed by atoms with E-state index >= 15 is 0 Å². The number of carbonyl (C=O) groups is 1. The van der Waals surface area contributed by atoms with E-state index < -0.39 is 0 Å². The average molecular weight is 447 g/mol. The molecule has 8 heteroatoms. The third-order valence-electron chi connectivity index (χ3n) is 5.42. The summed E-state index contributed by atoms with van der Waals surface area (Å²) in [6.07, 6.45) is 4.41. The van der Waals surface area contributed by atoms with Crippen LogP contribution in [0.15, 0.2) is 71.8 Å². The fraction of sp³-hybridized carbons (Fsp3) is 0.240. The summed E-state index contributed by atoms with van der Waals surface area (Å²) in [5.41, 5.74) is 2.91. The Balaban J connectivity index is 1.37. The number of hydrogen-bond acceptors (Lipinski definition) is 5. The van der Waals surface area contributed by atoms with Gasteiger partial charge in [0.2, 0.25) is 5.91 Å². The Labute approximate surface area is 191 Å². The normalized spacial score (nSPS) is 10.8. The molecule has 0 aliphatic heterocycles. The summed E-state index contributed by atoms with van der Waals surface area (Å²) in [4.78, 5) is 25.1. The first-order valence-electron chi connectivity index (χ1n) is 10.7. The van der Waals surface area contributed by atoms with E-state index in [1.165, 1.54) is 0 Å². The number of nitrogens with zero attached hydrogens (tertiary/aromatic N) is 3. The molecule has 0 atom stereocenters. The first kappa shape index (κ1) is 22.1. The lowest BCUT2D eigenvalue weighted by atomic mass is 10.1. The number of carbonyl (C=O) groups excluding carboxylic acids is 1. The van der Waals surface area contributed by atoms with Crippen molar-refractivity contribution in [1.29, 1.82) is 0 Å². The monoisotopic (exact) mass is 446 g/mol. The molecular weight excluding hydrogens is 420 g/mol. The molecular formula is C25H26N4O4. The molecule has 1 N–H and O–H groups in total. The van der Waals surface area contributed by atoms with Crippen molar-refractivity contribution in [2.45, 2.75) is 19.4 Å². The molecule has 4 aromatic rings. The standard InChI is InChI=1S/C25H26N4O4/c1-32-20-7-3-5-18(15-20)9-10-24(30)26-11-12-28-13-14-29-23(25(28)31)17-22(27-29)19-6-4-8-21(16-19)33-2/h3-8,13-17H,9-12H2,1-2H3,(H,26,30). The predicted molar refractivity (Wildman–Crippen MR) is 126 cm³/mol. The number of benzene rings is 2. The summed E-state index contributed by atoms with van der Waals surface area (Å²) in [7, 11) is 3.23. The van der Waals surface area contributed by atoms with Crippen molar-refractivity contribution < 1.29 is 14.3 Å². The Kier molecular flexibility index (Phi) is 6.73. The smallest absolute Gasteiger partial charge is 0.276 e. The molecule has 0 fully saturated rings. The molecule has 170 valence electrons. The van der Waals surface area contributed by atoms with E-state index in [4.69, 9.17) is 9.47 Å². The fourth-order valence-electron chi connectivity index (χ4n) is 3.62. The van der Waals surface area contributed by atoms with Crippen LogP contribution in [0, 0.1) is 0 Å². The number of rotatable bonds is 9. The van der Waals surface area contributed by atoms with Gasteiger partial charge in [-0.2, -0.15) is 5.10 Å². The van der Waals surface area contributed by atoms with Crippen molar-refractivity contribution in [1.82, 2.24) is 19.5 Å². The molecule has 0 bridgehead atoms. The van der Waals surface area contributed by atoms with Gasteiger partial charge in [-0.3, -0.25) is 9.59 Å². The van der Waals surface area contributed by atoms with Crippen LogP contribution in [0.1, 0.15) is 12.0 Å². The highest BCUT2D eigenvalue weighted by Gasteiger charge is 2.10. The van der Waals surface area contributed by atoms with E-state index in [1.807, 2.05) is 48.5 Å². The minimum Gasteiger partial charge on any atom is -0.497 e. The zero-order valence-electron chi connectivity index (χ0n) is 18.7. The fourth-order valence-corrected chi connectivity index (χ4v) is 3.62. The van der Waals surface area contributed by atoms with Gasteiger partial charge >= 0.3 is 0 Å². The van der Waals surface area contributed by atoms with E-state index in [9.17, 15) is 9.59 Å². The van der Waals surface area contributed by atoms with Crippen LogP contribution in [0.5, 0.6) is 11.5 Å².